The maximum absolute atomic E-state index is 12.1. The van der Waals surface area contributed by atoms with E-state index in [2.05, 4.69) is 22.3 Å². The molecule has 0 bridgehead atoms. The Kier molecular flexibility index (Phi) is 6.19. The molecule has 6 heteroatoms. The number of carbonyl (C=O) groups excluding carboxylic acids is 1. The summed E-state index contributed by atoms with van der Waals surface area (Å²) in [5.41, 5.74) is 1.29. The Bertz CT molecular complexity index is 725. The Morgan fingerprint density at radius 2 is 2.00 bits per heavy atom. The minimum Gasteiger partial charge on any atom is -0.482 e. The van der Waals surface area contributed by atoms with Crippen molar-refractivity contribution in [2.75, 3.05) is 19.7 Å². The second-order valence-electron chi connectivity index (χ2n) is 6.14. The highest BCUT2D eigenvalue weighted by Crippen LogP contribution is 2.27. The van der Waals surface area contributed by atoms with Crippen molar-refractivity contribution in [1.29, 1.82) is 0 Å². The van der Waals surface area contributed by atoms with Crippen LogP contribution in [0.25, 0.3) is 0 Å². The number of hydrogen-bond donors (Lipinski definition) is 1. The number of benzene rings is 2. The second-order valence-corrected chi connectivity index (χ2v) is 6.98. The molecule has 1 fully saturated rings. The normalized spacial score (nSPS) is 17.4. The number of nitrogens with one attached hydrogen (secondary N) is 1. The number of halogens is 2. The van der Waals surface area contributed by atoms with E-state index in [1.165, 1.54) is 5.56 Å². The lowest BCUT2D eigenvalue weighted by Gasteiger charge is -2.17. The first-order chi connectivity index (χ1) is 12.1. The van der Waals surface area contributed by atoms with E-state index in [1.807, 2.05) is 18.2 Å². The van der Waals surface area contributed by atoms with Gasteiger partial charge >= 0.3 is 0 Å². The monoisotopic (exact) mass is 378 g/mol. The fourth-order valence-electron chi connectivity index (χ4n) is 2.94. The van der Waals surface area contributed by atoms with Crippen LogP contribution >= 0.6 is 23.2 Å². The van der Waals surface area contributed by atoms with Crippen LogP contribution in [0.5, 0.6) is 5.75 Å². The molecular formula is C19H20Cl2N2O2. The van der Waals surface area contributed by atoms with Crippen molar-refractivity contribution in [2.24, 2.45) is 0 Å². The molecule has 0 aromatic heterocycles. The molecule has 4 nitrogen and oxygen atoms in total. The molecule has 0 spiro atoms. The fraction of sp³-hybridized carbons (Fsp3) is 0.316. The lowest BCUT2D eigenvalue weighted by atomic mass is 10.2. The third kappa shape index (κ3) is 5.36. The number of nitrogens with zero attached hydrogens (tertiary/aromatic N) is 1. The molecule has 2 aromatic carbocycles. The maximum atomic E-state index is 12.1. The van der Waals surface area contributed by atoms with E-state index in [1.54, 1.807) is 18.2 Å². The molecule has 1 heterocycles. The zero-order valence-corrected chi connectivity index (χ0v) is 15.3. The number of hydrogen-bond acceptors (Lipinski definition) is 3. The Morgan fingerprint density at radius 3 is 2.76 bits per heavy atom. The van der Waals surface area contributed by atoms with Gasteiger partial charge in [0.15, 0.2) is 6.61 Å². The van der Waals surface area contributed by atoms with E-state index in [4.69, 9.17) is 27.9 Å². The number of likely N-dealkylation sites (tertiary alicyclic amines) is 1. The summed E-state index contributed by atoms with van der Waals surface area (Å²) in [5, 5.41) is 3.95. The van der Waals surface area contributed by atoms with Gasteiger partial charge in [0.25, 0.3) is 5.91 Å². The molecule has 0 radical (unpaired) electrons. The SMILES string of the molecule is O=C(COc1ccc(Cl)cc1Cl)N[C@@H]1CCN(Cc2ccccc2)C1. The molecule has 25 heavy (non-hydrogen) atoms. The molecule has 3 rings (SSSR count). The van der Waals surface area contributed by atoms with Crippen LogP contribution in [0.15, 0.2) is 48.5 Å². The van der Waals surface area contributed by atoms with Gasteiger partial charge in [0, 0.05) is 30.7 Å². The third-order valence-corrected chi connectivity index (χ3v) is 4.67. The predicted molar refractivity (Wildman–Crippen MR) is 100 cm³/mol. The average molecular weight is 379 g/mol. The van der Waals surface area contributed by atoms with Crippen molar-refractivity contribution in [3.8, 4) is 5.75 Å². The fourth-order valence-corrected chi connectivity index (χ4v) is 3.40. The predicted octanol–water partition coefficient (Wildman–Crippen LogP) is 3.76. The Hall–Kier alpha value is -1.75. The molecule has 0 saturated carbocycles. The van der Waals surface area contributed by atoms with Crippen LogP contribution < -0.4 is 10.1 Å². The van der Waals surface area contributed by atoms with Crippen molar-refractivity contribution in [3.63, 3.8) is 0 Å². The van der Waals surface area contributed by atoms with E-state index >= 15 is 0 Å². The lowest BCUT2D eigenvalue weighted by molar-refractivity contribution is -0.123. The highest BCUT2D eigenvalue weighted by Gasteiger charge is 2.23. The van der Waals surface area contributed by atoms with E-state index < -0.39 is 0 Å². The van der Waals surface area contributed by atoms with E-state index in [-0.39, 0.29) is 18.6 Å². The largest absolute Gasteiger partial charge is 0.482 e. The highest BCUT2D eigenvalue weighted by molar-refractivity contribution is 6.35. The summed E-state index contributed by atoms with van der Waals surface area (Å²) in [5.74, 6) is 0.316. The summed E-state index contributed by atoms with van der Waals surface area (Å²) >= 11 is 11.9. The van der Waals surface area contributed by atoms with Gasteiger partial charge in [-0.2, -0.15) is 0 Å². The minimum absolute atomic E-state index is 0.0590. The van der Waals surface area contributed by atoms with Crippen molar-refractivity contribution < 1.29 is 9.53 Å². The topological polar surface area (TPSA) is 41.6 Å². The van der Waals surface area contributed by atoms with Gasteiger partial charge in [-0.3, -0.25) is 9.69 Å². The highest BCUT2D eigenvalue weighted by atomic mass is 35.5. The third-order valence-electron chi connectivity index (χ3n) is 4.14. The molecule has 2 aromatic rings. The van der Waals surface area contributed by atoms with E-state index in [0.717, 1.165) is 26.1 Å². The summed E-state index contributed by atoms with van der Waals surface area (Å²) in [6.45, 7) is 2.67. The average Bonchev–Trinajstić information content (AvgIpc) is 3.02. The van der Waals surface area contributed by atoms with Crippen LogP contribution in [0.2, 0.25) is 10.0 Å². The molecule has 1 amide bonds. The minimum atomic E-state index is -0.141. The zero-order chi connectivity index (χ0) is 17.6. The lowest BCUT2D eigenvalue weighted by Crippen LogP contribution is -2.39. The first-order valence-corrected chi connectivity index (χ1v) is 8.99. The number of amides is 1. The second kappa shape index (κ2) is 8.56. The van der Waals surface area contributed by atoms with Gasteiger partial charge in [-0.15, -0.1) is 0 Å². The molecule has 132 valence electrons. The molecule has 1 aliphatic rings. The van der Waals surface area contributed by atoms with Gasteiger partial charge in [-0.1, -0.05) is 53.5 Å². The zero-order valence-electron chi connectivity index (χ0n) is 13.8. The van der Waals surface area contributed by atoms with Crippen LogP contribution in [0, 0.1) is 0 Å². The summed E-state index contributed by atoms with van der Waals surface area (Å²) in [7, 11) is 0. The molecule has 1 aliphatic heterocycles. The van der Waals surface area contributed by atoms with Gasteiger partial charge in [0.1, 0.15) is 5.75 Å². The van der Waals surface area contributed by atoms with E-state index in [9.17, 15) is 4.79 Å². The molecule has 1 saturated heterocycles. The molecule has 1 atom stereocenters. The molecule has 0 aliphatic carbocycles. The van der Waals surface area contributed by atoms with Crippen LogP contribution in [-0.2, 0) is 11.3 Å². The van der Waals surface area contributed by atoms with Gasteiger partial charge in [-0.05, 0) is 30.2 Å². The Morgan fingerprint density at radius 1 is 1.20 bits per heavy atom. The summed E-state index contributed by atoms with van der Waals surface area (Å²) < 4.78 is 5.47. The first-order valence-electron chi connectivity index (χ1n) is 8.23. The number of carbonyl (C=O) groups is 1. The maximum Gasteiger partial charge on any atom is 0.258 e. The van der Waals surface area contributed by atoms with Crippen molar-refractivity contribution in [1.82, 2.24) is 10.2 Å². The van der Waals surface area contributed by atoms with Gasteiger partial charge in [0.2, 0.25) is 0 Å². The van der Waals surface area contributed by atoms with E-state index in [0.29, 0.717) is 15.8 Å². The van der Waals surface area contributed by atoms with Crippen LogP contribution in [0.3, 0.4) is 0 Å². The standard InChI is InChI=1S/C19H20Cl2N2O2/c20-15-6-7-18(17(21)10-15)25-13-19(24)22-16-8-9-23(12-16)11-14-4-2-1-3-5-14/h1-7,10,16H,8-9,11-13H2,(H,22,24)/t16-/m1/s1. The number of rotatable bonds is 6. The quantitative estimate of drug-likeness (QED) is 0.831. The Balaban J connectivity index is 1.43. The number of ether oxygens (including phenoxy) is 1. The molecular weight excluding hydrogens is 359 g/mol. The van der Waals surface area contributed by atoms with Crippen molar-refractivity contribution in [3.05, 3.63) is 64.1 Å². The first kappa shape index (κ1) is 18.1. The van der Waals surface area contributed by atoms with Gasteiger partial charge in [-0.25, -0.2) is 0 Å². The van der Waals surface area contributed by atoms with Crippen LogP contribution in [0.1, 0.15) is 12.0 Å². The molecule has 0 unspecified atom stereocenters. The van der Waals surface area contributed by atoms with Crippen LogP contribution in [0.4, 0.5) is 0 Å². The van der Waals surface area contributed by atoms with Crippen molar-refractivity contribution in [2.45, 2.75) is 19.0 Å². The summed E-state index contributed by atoms with van der Waals surface area (Å²) in [6.07, 6.45) is 0.945. The van der Waals surface area contributed by atoms with Crippen LogP contribution in [-0.4, -0.2) is 36.5 Å². The smallest absolute Gasteiger partial charge is 0.258 e. The summed E-state index contributed by atoms with van der Waals surface area (Å²) in [6, 6.07) is 15.4. The van der Waals surface area contributed by atoms with Gasteiger partial charge in [0.05, 0.1) is 5.02 Å². The molecule has 1 N–H and O–H groups in total. The van der Waals surface area contributed by atoms with Gasteiger partial charge < -0.3 is 10.1 Å². The Labute approximate surface area is 157 Å². The van der Waals surface area contributed by atoms with Crippen molar-refractivity contribution >= 4 is 29.1 Å². The summed E-state index contributed by atoms with van der Waals surface area (Å²) in [4.78, 5) is 14.4.